The summed E-state index contributed by atoms with van der Waals surface area (Å²) in [5.41, 5.74) is 23.5. The predicted molar refractivity (Wildman–Crippen MR) is 256 cm³/mol. The lowest BCUT2D eigenvalue weighted by Crippen LogP contribution is -2.29. The molecule has 4 aliphatic rings. The Balaban J connectivity index is 0.991. The van der Waals surface area contributed by atoms with Gasteiger partial charge >= 0.3 is 0 Å². The molecule has 0 saturated carbocycles. The Kier molecular flexibility index (Phi) is 8.19. The molecular formula is C58H40F2N4. The van der Waals surface area contributed by atoms with Gasteiger partial charge in [0.05, 0.1) is 34.1 Å². The molecule has 0 bridgehead atoms. The zero-order chi connectivity index (χ0) is 42.5. The summed E-state index contributed by atoms with van der Waals surface area (Å²) in [6.07, 6.45) is 3.12. The van der Waals surface area contributed by atoms with E-state index in [2.05, 4.69) is 153 Å². The fraction of sp³-hybridized carbons (Fsp3) is 0.0690. The van der Waals surface area contributed by atoms with E-state index in [9.17, 15) is 8.78 Å². The number of fused-ring (bicyclic) bond motifs is 8. The smallest absolute Gasteiger partial charge is 0.123 e. The molecule has 4 heterocycles. The second kappa shape index (κ2) is 14.3. The summed E-state index contributed by atoms with van der Waals surface area (Å²) in [6, 6.07) is 66.2. The maximum atomic E-state index is 14.4. The standard InChI is InChI=1S/C58H40F2N4/c59-43-21-25-47(26-22-43)61(45-13-3-1-4-14-45)53-29-19-39-31-41-36-56-42(35-55(41)63-51-17-9-7-11-37(51)33-49(53)57(39)63)32-40-20-30-54(50-34-38-12-8-10-18-52(38)64(56)58(40)50)62(46-15-5-2-6-16-46)48-27-23-44(60)24-28-48/h1-30,35-36H,31-34H2. The van der Waals surface area contributed by atoms with Gasteiger partial charge in [-0.2, -0.15) is 0 Å². The van der Waals surface area contributed by atoms with Crippen molar-refractivity contribution >= 4 is 68.2 Å². The van der Waals surface area contributed by atoms with E-state index >= 15 is 0 Å². The van der Waals surface area contributed by atoms with Gasteiger partial charge in [-0.1, -0.05) is 84.9 Å². The minimum Gasteiger partial charge on any atom is -0.310 e. The Morgan fingerprint density at radius 2 is 0.688 bits per heavy atom. The molecule has 64 heavy (non-hydrogen) atoms. The van der Waals surface area contributed by atoms with Crippen LogP contribution in [0.2, 0.25) is 0 Å². The third-order valence-corrected chi connectivity index (χ3v) is 13.5. The highest BCUT2D eigenvalue weighted by atomic mass is 19.1. The molecule has 0 fully saturated rings. The Morgan fingerprint density at radius 3 is 1.11 bits per heavy atom. The maximum Gasteiger partial charge on any atom is 0.123 e. The highest BCUT2D eigenvalue weighted by Gasteiger charge is 2.39. The van der Waals surface area contributed by atoms with E-state index < -0.39 is 0 Å². The minimum atomic E-state index is -0.255. The van der Waals surface area contributed by atoms with Gasteiger partial charge in [0.1, 0.15) is 11.6 Å². The van der Waals surface area contributed by atoms with Crippen molar-refractivity contribution in [1.82, 2.24) is 0 Å². The molecule has 0 aliphatic carbocycles. The SMILES string of the molecule is Fc1ccc(N(c2ccccc2)c2ccc3c4c2Cc2ccccc2N4c2cc4c(cc2C3)N2c3ccccc3Cc3c(N(c5ccccc5)c5ccc(F)cc5)ccc(c32)C4)cc1. The van der Waals surface area contributed by atoms with Crippen molar-refractivity contribution in [2.45, 2.75) is 25.7 Å². The molecule has 0 radical (unpaired) electrons. The fourth-order valence-corrected chi connectivity index (χ4v) is 10.8. The summed E-state index contributed by atoms with van der Waals surface area (Å²) in [6.45, 7) is 0. The van der Waals surface area contributed by atoms with E-state index in [0.717, 1.165) is 59.8 Å². The van der Waals surface area contributed by atoms with Crippen molar-refractivity contribution in [3.05, 3.63) is 250 Å². The van der Waals surface area contributed by atoms with Crippen LogP contribution in [0.3, 0.4) is 0 Å². The van der Waals surface area contributed by atoms with Crippen LogP contribution in [0.1, 0.15) is 44.5 Å². The number of halogens is 2. The average molecular weight is 831 g/mol. The van der Waals surface area contributed by atoms with Gasteiger partial charge < -0.3 is 19.6 Å². The summed E-state index contributed by atoms with van der Waals surface area (Å²) in [5, 5.41) is 0. The van der Waals surface area contributed by atoms with Gasteiger partial charge in [-0.25, -0.2) is 8.78 Å². The molecule has 0 amide bonds. The van der Waals surface area contributed by atoms with Gasteiger partial charge in [0, 0.05) is 70.9 Å². The molecule has 0 aromatic heterocycles. The Morgan fingerprint density at radius 1 is 0.312 bits per heavy atom. The van der Waals surface area contributed by atoms with E-state index in [1.807, 2.05) is 36.4 Å². The van der Waals surface area contributed by atoms with Crippen molar-refractivity contribution in [2.75, 3.05) is 19.6 Å². The fourth-order valence-electron chi connectivity index (χ4n) is 10.8. The van der Waals surface area contributed by atoms with Crippen LogP contribution in [-0.4, -0.2) is 0 Å². The Labute approximate surface area is 371 Å². The van der Waals surface area contributed by atoms with Gasteiger partial charge in [-0.15, -0.1) is 0 Å². The topological polar surface area (TPSA) is 13.0 Å². The van der Waals surface area contributed by atoms with Gasteiger partial charge in [0.25, 0.3) is 0 Å². The van der Waals surface area contributed by atoms with Gasteiger partial charge in [-0.3, -0.25) is 0 Å². The monoisotopic (exact) mass is 830 g/mol. The molecule has 9 aromatic carbocycles. The number of hydrogen-bond acceptors (Lipinski definition) is 4. The molecule has 306 valence electrons. The highest BCUT2D eigenvalue weighted by molar-refractivity contribution is 5.98. The van der Waals surface area contributed by atoms with Crippen LogP contribution in [0, 0.1) is 11.6 Å². The highest BCUT2D eigenvalue weighted by Crippen LogP contribution is 2.58. The molecular weight excluding hydrogens is 791 g/mol. The molecule has 0 unspecified atom stereocenters. The summed E-state index contributed by atoms with van der Waals surface area (Å²) >= 11 is 0. The normalized spacial score (nSPS) is 13.5. The van der Waals surface area contributed by atoms with Gasteiger partial charge in [-0.05, 0) is 143 Å². The number of nitrogens with zero attached hydrogens (tertiary/aromatic N) is 4. The second-order valence-corrected chi connectivity index (χ2v) is 17.2. The first-order valence-corrected chi connectivity index (χ1v) is 22.0. The lowest BCUT2D eigenvalue weighted by molar-refractivity contribution is 0.627. The molecule has 0 N–H and O–H groups in total. The first-order valence-electron chi connectivity index (χ1n) is 22.0. The van der Waals surface area contributed by atoms with E-state index in [1.54, 1.807) is 24.3 Å². The summed E-state index contributed by atoms with van der Waals surface area (Å²) in [7, 11) is 0. The number of anilines is 12. The van der Waals surface area contributed by atoms with Crippen LogP contribution < -0.4 is 19.6 Å². The number of rotatable bonds is 6. The lowest BCUT2D eigenvalue weighted by Gasteiger charge is -2.44. The number of para-hydroxylation sites is 4. The van der Waals surface area contributed by atoms with Crippen LogP contribution in [0.5, 0.6) is 0 Å². The van der Waals surface area contributed by atoms with Crippen molar-refractivity contribution < 1.29 is 8.78 Å². The zero-order valence-electron chi connectivity index (χ0n) is 34.8. The number of benzene rings is 9. The molecule has 4 aliphatic heterocycles. The van der Waals surface area contributed by atoms with E-state index in [4.69, 9.17) is 0 Å². The predicted octanol–water partition coefficient (Wildman–Crippen LogP) is 15.5. The van der Waals surface area contributed by atoms with Gasteiger partial charge in [0.15, 0.2) is 0 Å². The van der Waals surface area contributed by atoms with Crippen LogP contribution in [0.4, 0.5) is 77.0 Å². The van der Waals surface area contributed by atoms with E-state index in [-0.39, 0.29) is 11.6 Å². The lowest BCUT2D eigenvalue weighted by atomic mass is 9.81. The van der Waals surface area contributed by atoms with Crippen LogP contribution in [0.25, 0.3) is 0 Å². The van der Waals surface area contributed by atoms with Crippen LogP contribution in [-0.2, 0) is 25.7 Å². The second-order valence-electron chi connectivity index (χ2n) is 17.2. The maximum absolute atomic E-state index is 14.4. The molecule has 0 atom stereocenters. The Hall–Kier alpha value is -7.96. The zero-order valence-corrected chi connectivity index (χ0v) is 34.8. The largest absolute Gasteiger partial charge is 0.310 e. The molecule has 9 aromatic rings. The average Bonchev–Trinajstić information content (AvgIpc) is 3.34. The van der Waals surface area contributed by atoms with E-state index in [0.29, 0.717) is 0 Å². The van der Waals surface area contributed by atoms with Crippen LogP contribution >= 0.6 is 0 Å². The van der Waals surface area contributed by atoms with Crippen molar-refractivity contribution in [3.63, 3.8) is 0 Å². The van der Waals surface area contributed by atoms with Gasteiger partial charge in [0.2, 0.25) is 0 Å². The molecule has 0 saturated heterocycles. The van der Waals surface area contributed by atoms with Crippen molar-refractivity contribution in [2.24, 2.45) is 0 Å². The van der Waals surface area contributed by atoms with Crippen LogP contribution in [0.15, 0.2) is 194 Å². The third-order valence-electron chi connectivity index (χ3n) is 13.5. The van der Waals surface area contributed by atoms with E-state index in [1.165, 1.54) is 78.6 Å². The summed E-state index contributed by atoms with van der Waals surface area (Å²) in [5.74, 6) is -0.509. The molecule has 6 heteroatoms. The first kappa shape index (κ1) is 36.7. The van der Waals surface area contributed by atoms with Crippen molar-refractivity contribution in [3.8, 4) is 0 Å². The van der Waals surface area contributed by atoms with Crippen molar-refractivity contribution in [1.29, 1.82) is 0 Å². The first-order chi connectivity index (χ1) is 31.6. The molecule has 0 spiro atoms. The minimum absolute atomic E-state index is 0.255. The molecule has 4 nitrogen and oxygen atoms in total. The third kappa shape index (κ3) is 5.65. The quantitative estimate of drug-likeness (QED) is 0.165. The molecule has 13 rings (SSSR count). The summed E-state index contributed by atoms with van der Waals surface area (Å²) < 4.78 is 28.8. The summed E-state index contributed by atoms with van der Waals surface area (Å²) in [4.78, 5) is 9.59. The Bertz CT molecular complexity index is 3090. The number of hydrogen-bond donors (Lipinski definition) is 0.